The fraction of sp³-hybridized carbons (Fsp3) is 0.429. The first-order valence-corrected chi connectivity index (χ1v) is 10.2. The summed E-state index contributed by atoms with van der Waals surface area (Å²) in [5, 5.41) is 3.42. The number of hydrogen-bond donors (Lipinski definition) is 3. The van der Waals surface area contributed by atoms with Crippen LogP contribution in [0, 0.1) is 0 Å². The highest BCUT2D eigenvalue weighted by molar-refractivity contribution is 7.16. The fourth-order valence-electron chi connectivity index (χ4n) is 3.82. The highest BCUT2D eigenvalue weighted by atomic mass is 32.1. The number of anilines is 1. The molecule has 0 spiro atoms. The van der Waals surface area contributed by atoms with Crippen molar-refractivity contribution in [1.82, 2.24) is 5.32 Å². The van der Waals surface area contributed by atoms with E-state index in [1.54, 1.807) is 0 Å². The molecule has 1 aromatic heterocycles. The van der Waals surface area contributed by atoms with Gasteiger partial charge in [0.15, 0.2) is 0 Å². The number of carbonyl (C=O) groups excluding carboxylic acids is 2. The number of benzene rings is 1. The van der Waals surface area contributed by atoms with Gasteiger partial charge in [0.1, 0.15) is 5.60 Å². The zero-order chi connectivity index (χ0) is 20.5. The molecule has 1 aliphatic rings. The maximum Gasteiger partial charge on any atom is 0.407 e. The van der Waals surface area contributed by atoms with E-state index < -0.39 is 17.6 Å². The Labute approximate surface area is 169 Å². The van der Waals surface area contributed by atoms with Crippen molar-refractivity contribution >= 4 is 28.3 Å². The van der Waals surface area contributed by atoms with E-state index in [0.717, 1.165) is 22.4 Å². The number of carbonyl (C=O) groups is 2. The van der Waals surface area contributed by atoms with E-state index >= 15 is 0 Å². The molecule has 1 atom stereocenters. The van der Waals surface area contributed by atoms with E-state index in [4.69, 9.17) is 16.2 Å². The molecule has 6 nitrogen and oxygen atoms in total. The summed E-state index contributed by atoms with van der Waals surface area (Å²) in [5.41, 5.74) is 13.3. The third kappa shape index (κ3) is 4.14. The van der Waals surface area contributed by atoms with E-state index in [0.29, 0.717) is 30.0 Å². The van der Waals surface area contributed by atoms with Crippen molar-refractivity contribution in [2.24, 2.45) is 5.73 Å². The van der Waals surface area contributed by atoms with Crippen molar-refractivity contribution in [2.45, 2.75) is 51.0 Å². The summed E-state index contributed by atoms with van der Waals surface area (Å²) in [6.07, 6.45) is 1.71. The van der Waals surface area contributed by atoms with Crippen LogP contribution in [0.25, 0.3) is 0 Å². The molecule has 150 valence electrons. The summed E-state index contributed by atoms with van der Waals surface area (Å²) < 4.78 is 5.41. The van der Waals surface area contributed by atoms with Gasteiger partial charge in [0.05, 0.1) is 10.6 Å². The van der Waals surface area contributed by atoms with E-state index in [1.165, 1.54) is 11.3 Å². The summed E-state index contributed by atoms with van der Waals surface area (Å²) in [6.45, 7) is 5.96. The predicted molar refractivity (Wildman–Crippen MR) is 112 cm³/mol. The van der Waals surface area contributed by atoms with Crippen LogP contribution in [0.1, 0.15) is 53.6 Å². The SMILES string of the molecule is CC(C)(C)OC(=O)NCC1(c2ccccc2)CCc2c(sc(N)c2C(N)=O)C1. The largest absolute Gasteiger partial charge is 0.444 e. The molecule has 2 amide bonds. The molecule has 28 heavy (non-hydrogen) atoms. The zero-order valence-corrected chi connectivity index (χ0v) is 17.3. The lowest BCUT2D eigenvalue weighted by Crippen LogP contribution is -2.45. The van der Waals surface area contributed by atoms with Crippen LogP contribution < -0.4 is 16.8 Å². The second-order valence-corrected chi connectivity index (χ2v) is 9.42. The summed E-state index contributed by atoms with van der Waals surface area (Å²) in [6, 6.07) is 10.1. The first-order valence-electron chi connectivity index (χ1n) is 9.33. The van der Waals surface area contributed by atoms with Crippen molar-refractivity contribution in [2.75, 3.05) is 12.3 Å². The molecule has 0 bridgehead atoms. The summed E-state index contributed by atoms with van der Waals surface area (Å²) >= 11 is 1.42. The van der Waals surface area contributed by atoms with Gasteiger partial charge in [0, 0.05) is 16.8 Å². The molecule has 3 rings (SSSR count). The Morgan fingerprint density at radius 3 is 2.54 bits per heavy atom. The first-order chi connectivity index (χ1) is 13.1. The van der Waals surface area contributed by atoms with Crippen LogP contribution in [0.5, 0.6) is 0 Å². The van der Waals surface area contributed by atoms with Crippen molar-refractivity contribution in [3.05, 3.63) is 51.9 Å². The Morgan fingerprint density at radius 1 is 1.25 bits per heavy atom. The number of fused-ring (bicyclic) bond motifs is 1. The molecule has 0 saturated carbocycles. The number of thiophene rings is 1. The second-order valence-electron chi connectivity index (χ2n) is 8.29. The lowest BCUT2D eigenvalue weighted by Gasteiger charge is -2.38. The summed E-state index contributed by atoms with van der Waals surface area (Å²) in [5.74, 6) is -0.478. The fourth-order valence-corrected chi connectivity index (χ4v) is 5.08. The number of nitrogen functional groups attached to an aromatic ring is 1. The summed E-state index contributed by atoms with van der Waals surface area (Å²) in [4.78, 5) is 25.1. The minimum Gasteiger partial charge on any atom is -0.444 e. The molecule has 5 N–H and O–H groups in total. The Kier molecular flexibility index (Phi) is 5.39. The minimum atomic E-state index is -0.553. The van der Waals surface area contributed by atoms with Crippen LogP contribution in [-0.2, 0) is 23.0 Å². The molecule has 7 heteroatoms. The molecule has 1 aliphatic carbocycles. The number of nitrogens with one attached hydrogen (secondary N) is 1. The smallest absolute Gasteiger partial charge is 0.407 e. The molecule has 1 aromatic carbocycles. The van der Waals surface area contributed by atoms with Gasteiger partial charge in [-0.25, -0.2) is 4.79 Å². The summed E-state index contributed by atoms with van der Waals surface area (Å²) in [7, 11) is 0. The van der Waals surface area contributed by atoms with Crippen LogP contribution in [-0.4, -0.2) is 24.1 Å². The normalized spacial score (nSPS) is 19.0. The molecule has 0 fully saturated rings. The second kappa shape index (κ2) is 7.47. The van der Waals surface area contributed by atoms with Crippen LogP contribution in [0.2, 0.25) is 0 Å². The van der Waals surface area contributed by atoms with E-state index in [-0.39, 0.29) is 5.41 Å². The lowest BCUT2D eigenvalue weighted by molar-refractivity contribution is 0.0511. The first kappa shape index (κ1) is 20.2. The van der Waals surface area contributed by atoms with Crippen LogP contribution in [0.4, 0.5) is 9.80 Å². The number of hydrogen-bond acceptors (Lipinski definition) is 5. The number of primary amides is 1. The minimum absolute atomic E-state index is 0.294. The molecule has 1 heterocycles. The predicted octanol–water partition coefficient (Wildman–Crippen LogP) is 3.38. The molecule has 0 aliphatic heterocycles. The van der Waals surface area contributed by atoms with Gasteiger partial charge in [0.2, 0.25) is 0 Å². The number of amides is 2. The van der Waals surface area contributed by atoms with Crippen LogP contribution >= 0.6 is 11.3 Å². The number of rotatable bonds is 4. The Balaban J connectivity index is 1.91. The van der Waals surface area contributed by atoms with Gasteiger partial charge < -0.3 is 21.5 Å². The molecular weight excluding hydrogens is 374 g/mol. The van der Waals surface area contributed by atoms with Gasteiger partial charge in [-0.1, -0.05) is 30.3 Å². The Morgan fingerprint density at radius 2 is 1.93 bits per heavy atom. The van der Waals surface area contributed by atoms with E-state index in [9.17, 15) is 9.59 Å². The number of alkyl carbamates (subject to hydrolysis) is 1. The monoisotopic (exact) mass is 401 g/mol. The average Bonchev–Trinajstić information content (AvgIpc) is 2.94. The molecular formula is C21H27N3O3S. The van der Waals surface area contributed by atoms with Gasteiger partial charge in [-0.3, -0.25) is 4.79 Å². The Hall–Kier alpha value is -2.54. The van der Waals surface area contributed by atoms with Gasteiger partial charge in [0.25, 0.3) is 5.91 Å². The molecule has 2 aromatic rings. The van der Waals surface area contributed by atoms with Crippen LogP contribution in [0.3, 0.4) is 0 Å². The van der Waals surface area contributed by atoms with Gasteiger partial charge >= 0.3 is 6.09 Å². The highest BCUT2D eigenvalue weighted by Gasteiger charge is 2.39. The van der Waals surface area contributed by atoms with Gasteiger partial charge in [-0.2, -0.15) is 0 Å². The van der Waals surface area contributed by atoms with Crippen molar-refractivity contribution < 1.29 is 14.3 Å². The number of ether oxygens (including phenoxy) is 1. The van der Waals surface area contributed by atoms with Gasteiger partial charge in [-0.05, 0) is 51.2 Å². The number of nitrogens with two attached hydrogens (primary N) is 2. The topological polar surface area (TPSA) is 107 Å². The maximum atomic E-state index is 12.3. The quantitative estimate of drug-likeness (QED) is 0.730. The molecule has 1 unspecified atom stereocenters. The van der Waals surface area contributed by atoms with Crippen molar-refractivity contribution in [3.8, 4) is 0 Å². The van der Waals surface area contributed by atoms with Crippen molar-refractivity contribution in [1.29, 1.82) is 0 Å². The zero-order valence-electron chi connectivity index (χ0n) is 16.5. The lowest BCUT2D eigenvalue weighted by atomic mass is 9.69. The molecule has 0 radical (unpaired) electrons. The standard InChI is InChI=1S/C21H27N3O3S/c1-20(2,3)27-19(26)24-12-21(13-7-5-4-6-8-13)10-9-14-15(11-21)28-18(23)16(14)17(22)25/h4-8H,9-12,23H2,1-3H3,(H2,22,25)(H,24,26). The third-order valence-electron chi connectivity index (χ3n) is 5.07. The van der Waals surface area contributed by atoms with Gasteiger partial charge in [-0.15, -0.1) is 11.3 Å². The third-order valence-corrected chi connectivity index (χ3v) is 6.13. The van der Waals surface area contributed by atoms with E-state index in [2.05, 4.69) is 17.4 Å². The maximum absolute atomic E-state index is 12.3. The van der Waals surface area contributed by atoms with E-state index in [1.807, 2.05) is 39.0 Å². The van der Waals surface area contributed by atoms with Crippen LogP contribution in [0.15, 0.2) is 30.3 Å². The molecule has 0 saturated heterocycles. The average molecular weight is 402 g/mol. The highest BCUT2D eigenvalue weighted by Crippen LogP contribution is 2.44. The van der Waals surface area contributed by atoms with Crippen molar-refractivity contribution in [3.63, 3.8) is 0 Å². The Bertz CT molecular complexity index is 886.